The monoisotopic (exact) mass is 478 g/mol. The predicted octanol–water partition coefficient (Wildman–Crippen LogP) is 5.72. The fourth-order valence-corrected chi connectivity index (χ4v) is 4.08. The third kappa shape index (κ3) is 7.29. The summed E-state index contributed by atoms with van der Waals surface area (Å²) in [4.78, 5) is 13.2. The Bertz CT molecular complexity index is 1070. The van der Waals surface area contributed by atoms with Crippen LogP contribution < -0.4 is 0 Å². The largest absolute Gasteiger partial charge is 0.370 e. The molecule has 5 nitrogen and oxygen atoms in total. The normalized spacial score (nSPS) is 18.8. The molecule has 1 saturated heterocycles. The lowest BCUT2D eigenvalue weighted by Crippen LogP contribution is -2.44. The van der Waals surface area contributed by atoms with Gasteiger partial charge in [-0.05, 0) is 49.2 Å². The molecule has 0 aliphatic carbocycles. The molecule has 1 aliphatic heterocycles. The van der Waals surface area contributed by atoms with E-state index in [9.17, 15) is 9.18 Å². The van der Waals surface area contributed by atoms with Gasteiger partial charge in [-0.2, -0.15) is 0 Å². The van der Waals surface area contributed by atoms with Crippen molar-refractivity contribution in [2.75, 3.05) is 6.61 Å². The van der Waals surface area contributed by atoms with Gasteiger partial charge in [-0.3, -0.25) is 4.79 Å². The van der Waals surface area contributed by atoms with Gasteiger partial charge >= 0.3 is 0 Å². The first kappa shape index (κ1) is 25.2. The van der Waals surface area contributed by atoms with Gasteiger partial charge in [0.25, 0.3) is 0 Å². The third-order valence-corrected chi connectivity index (χ3v) is 5.91. The summed E-state index contributed by atoms with van der Waals surface area (Å²) in [5.41, 5.74) is 2.41. The summed E-state index contributed by atoms with van der Waals surface area (Å²) in [5, 5.41) is 0. The molecule has 1 aliphatic rings. The van der Waals surface area contributed by atoms with Crippen molar-refractivity contribution in [2.45, 2.75) is 57.6 Å². The van der Waals surface area contributed by atoms with Gasteiger partial charge < -0.3 is 18.9 Å². The van der Waals surface area contributed by atoms with Crippen molar-refractivity contribution < 1.29 is 28.1 Å². The van der Waals surface area contributed by atoms with Crippen LogP contribution in [-0.4, -0.2) is 36.5 Å². The number of benzene rings is 3. The molecule has 184 valence electrons. The Labute approximate surface area is 205 Å². The molecule has 0 aromatic heterocycles. The molecule has 0 saturated carbocycles. The van der Waals surface area contributed by atoms with E-state index in [1.54, 1.807) is 0 Å². The Kier molecular flexibility index (Phi) is 8.42. The van der Waals surface area contributed by atoms with E-state index < -0.39 is 24.1 Å². The van der Waals surface area contributed by atoms with Gasteiger partial charge in [0.2, 0.25) is 0 Å². The van der Waals surface area contributed by atoms with Gasteiger partial charge in [-0.25, -0.2) is 4.39 Å². The highest BCUT2D eigenvalue weighted by molar-refractivity contribution is 5.96. The summed E-state index contributed by atoms with van der Waals surface area (Å²) in [5.74, 6) is -1.31. The van der Waals surface area contributed by atoms with Gasteiger partial charge in [-0.1, -0.05) is 60.7 Å². The lowest BCUT2D eigenvalue weighted by Gasteiger charge is -2.31. The number of carbonyl (C=O) groups is 1. The highest BCUT2D eigenvalue weighted by atomic mass is 19.1. The van der Waals surface area contributed by atoms with E-state index in [-0.39, 0.29) is 18.0 Å². The minimum Gasteiger partial charge on any atom is -0.370 e. The molecular weight excluding hydrogens is 447 g/mol. The maximum atomic E-state index is 13.4. The van der Waals surface area contributed by atoms with Crippen molar-refractivity contribution in [3.05, 3.63) is 107 Å². The van der Waals surface area contributed by atoms with Crippen molar-refractivity contribution in [1.29, 1.82) is 0 Å². The lowest BCUT2D eigenvalue weighted by molar-refractivity contribution is -0.178. The summed E-state index contributed by atoms with van der Waals surface area (Å²) in [6, 6.07) is 25.1. The topological polar surface area (TPSA) is 54.0 Å². The van der Waals surface area contributed by atoms with E-state index in [1.807, 2.05) is 74.5 Å². The molecule has 0 amide bonds. The molecule has 0 spiro atoms. The maximum Gasteiger partial charge on any atom is 0.165 e. The molecule has 1 fully saturated rings. The summed E-state index contributed by atoms with van der Waals surface area (Å²) < 4.78 is 38.1. The predicted molar refractivity (Wildman–Crippen MR) is 130 cm³/mol. The number of Topliss-reactive ketones (excluding diaryl/α,β-unsaturated/α-hetero) is 1. The number of ketones is 1. The molecule has 4 rings (SSSR count). The van der Waals surface area contributed by atoms with E-state index in [1.165, 1.54) is 24.3 Å². The molecule has 6 heteroatoms. The minimum absolute atomic E-state index is 0.0538. The molecule has 1 heterocycles. The van der Waals surface area contributed by atoms with Crippen LogP contribution in [0.1, 0.15) is 41.8 Å². The minimum atomic E-state index is -0.760. The quantitative estimate of drug-likeness (QED) is 0.330. The van der Waals surface area contributed by atoms with E-state index in [0.717, 1.165) is 11.1 Å². The first-order chi connectivity index (χ1) is 16.9. The lowest BCUT2D eigenvalue weighted by atomic mass is 9.98. The van der Waals surface area contributed by atoms with Crippen LogP contribution in [0.15, 0.2) is 84.9 Å². The second kappa shape index (κ2) is 11.7. The summed E-state index contributed by atoms with van der Waals surface area (Å²) in [7, 11) is 0. The fraction of sp³-hybridized carbons (Fsp3) is 0.345. The smallest absolute Gasteiger partial charge is 0.165 e. The average Bonchev–Trinajstić information content (AvgIpc) is 3.23. The maximum absolute atomic E-state index is 13.4. The van der Waals surface area contributed by atoms with Crippen molar-refractivity contribution in [1.82, 2.24) is 0 Å². The van der Waals surface area contributed by atoms with Crippen molar-refractivity contribution in [3.8, 4) is 0 Å². The van der Waals surface area contributed by atoms with Crippen molar-refractivity contribution in [3.63, 3.8) is 0 Å². The average molecular weight is 479 g/mol. The van der Waals surface area contributed by atoms with Crippen LogP contribution in [-0.2, 0) is 32.2 Å². The van der Waals surface area contributed by atoms with Crippen LogP contribution in [0.5, 0.6) is 0 Å². The van der Waals surface area contributed by atoms with E-state index >= 15 is 0 Å². The molecule has 3 aromatic carbocycles. The highest BCUT2D eigenvalue weighted by Gasteiger charge is 2.42. The molecule has 0 N–H and O–H groups in total. The van der Waals surface area contributed by atoms with E-state index in [0.29, 0.717) is 25.4 Å². The summed E-state index contributed by atoms with van der Waals surface area (Å²) in [6.07, 6.45) is -1.54. The zero-order valence-corrected chi connectivity index (χ0v) is 20.1. The number of rotatable bonds is 11. The standard InChI is InChI=1S/C29H31FO5/c1-29(2)34-20-27(35-29)28(33-19-22-11-7-4-8-12-22)26(32-18-21-9-5-3-6-10-21)17-25(31)23-13-15-24(30)16-14-23/h3-16,26-28H,17-20H2,1-2H3/t26-,27-,28+/m1/s1. The fourth-order valence-electron chi connectivity index (χ4n) is 4.08. The van der Waals surface area contributed by atoms with Crippen LogP contribution in [0.3, 0.4) is 0 Å². The summed E-state index contributed by atoms with van der Waals surface area (Å²) in [6.45, 7) is 4.67. The van der Waals surface area contributed by atoms with Crippen LogP contribution in [0, 0.1) is 5.82 Å². The molecule has 3 atom stereocenters. The molecule has 0 radical (unpaired) electrons. The molecule has 3 aromatic rings. The number of hydrogen-bond donors (Lipinski definition) is 0. The number of ether oxygens (including phenoxy) is 4. The van der Waals surface area contributed by atoms with Gasteiger partial charge in [0.05, 0.1) is 25.9 Å². The Morgan fingerprint density at radius 1 is 0.914 bits per heavy atom. The molecule has 35 heavy (non-hydrogen) atoms. The van der Waals surface area contributed by atoms with Crippen molar-refractivity contribution >= 4 is 5.78 Å². The van der Waals surface area contributed by atoms with Crippen LogP contribution in [0.4, 0.5) is 4.39 Å². The zero-order valence-electron chi connectivity index (χ0n) is 20.1. The van der Waals surface area contributed by atoms with Gasteiger partial charge in [0, 0.05) is 12.0 Å². The number of carbonyl (C=O) groups excluding carboxylic acids is 1. The van der Waals surface area contributed by atoms with Crippen molar-refractivity contribution in [2.24, 2.45) is 0 Å². The van der Waals surface area contributed by atoms with E-state index in [2.05, 4.69) is 0 Å². The van der Waals surface area contributed by atoms with Crippen LogP contribution in [0.2, 0.25) is 0 Å². The number of hydrogen-bond acceptors (Lipinski definition) is 5. The second-order valence-electron chi connectivity index (χ2n) is 9.10. The zero-order chi connectivity index (χ0) is 24.7. The van der Waals surface area contributed by atoms with Gasteiger partial charge in [0.1, 0.15) is 18.0 Å². The number of halogens is 1. The first-order valence-electron chi connectivity index (χ1n) is 11.8. The molecule has 0 bridgehead atoms. The Morgan fingerprint density at radius 2 is 1.49 bits per heavy atom. The SMILES string of the molecule is CC1(C)OC[C@H]([C@@H](OCc2ccccc2)[C@@H](CC(=O)c2ccc(F)cc2)OCc2ccccc2)O1. The molecular formula is C29H31FO5. The van der Waals surface area contributed by atoms with E-state index in [4.69, 9.17) is 18.9 Å². The Balaban J connectivity index is 1.57. The molecule has 0 unspecified atom stereocenters. The van der Waals surface area contributed by atoms with Gasteiger partial charge in [0.15, 0.2) is 11.6 Å². The second-order valence-corrected chi connectivity index (χ2v) is 9.10. The third-order valence-electron chi connectivity index (χ3n) is 5.91. The van der Waals surface area contributed by atoms with Crippen LogP contribution in [0.25, 0.3) is 0 Å². The Morgan fingerprint density at radius 3 is 2.03 bits per heavy atom. The summed E-state index contributed by atoms with van der Waals surface area (Å²) >= 11 is 0. The first-order valence-corrected chi connectivity index (χ1v) is 11.8. The van der Waals surface area contributed by atoms with Crippen LogP contribution >= 0.6 is 0 Å². The van der Waals surface area contributed by atoms with Gasteiger partial charge in [-0.15, -0.1) is 0 Å². The highest BCUT2D eigenvalue weighted by Crippen LogP contribution is 2.30. The Hall–Kier alpha value is -2.90.